The summed E-state index contributed by atoms with van der Waals surface area (Å²) >= 11 is 0. The summed E-state index contributed by atoms with van der Waals surface area (Å²) in [7, 11) is -4.34. The predicted molar refractivity (Wildman–Crippen MR) is 78.9 cm³/mol. The minimum atomic E-state index is -4.34. The van der Waals surface area contributed by atoms with E-state index in [4.69, 9.17) is 11.5 Å². The number of hydrogen-bond donors (Lipinski definition) is 3. The van der Waals surface area contributed by atoms with Crippen molar-refractivity contribution in [2.75, 3.05) is 0 Å². The molecule has 2 aromatic carbocycles. The summed E-state index contributed by atoms with van der Waals surface area (Å²) in [5.74, 6) is -1.30. The molecule has 0 aliphatic rings. The van der Waals surface area contributed by atoms with Gasteiger partial charge in [-0.1, -0.05) is 30.3 Å². The van der Waals surface area contributed by atoms with Crippen LogP contribution in [0.25, 0.3) is 10.8 Å². The van der Waals surface area contributed by atoms with Gasteiger partial charge in [-0.2, -0.15) is 0 Å². The number of primary amides is 1. The normalized spacial score (nSPS) is 16.3. The number of rotatable bonds is 4. The maximum absolute atomic E-state index is 12.6. The molecule has 0 aliphatic carbocycles. The van der Waals surface area contributed by atoms with Crippen LogP contribution in [0.4, 0.5) is 0 Å². The summed E-state index contributed by atoms with van der Waals surface area (Å²) < 4.78 is 25.2. The Morgan fingerprint density at radius 1 is 1.19 bits per heavy atom. The molecule has 0 heterocycles. The first kappa shape index (κ1) is 15.4. The van der Waals surface area contributed by atoms with Crippen LogP contribution in [0.15, 0.2) is 47.4 Å². The second-order valence-electron chi connectivity index (χ2n) is 4.85. The van der Waals surface area contributed by atoms with Crippen molar-refractivity contribution in [1.29, 1.82) is 0 Å². The van der Waals surface area contributed by atoms with Gasteiger partial charge in [-0.15, -0.1) is 0 Å². The van der Waals surface area contributed by atoms with Gasteiger partial charge in [-0.05, 0) is 29.8 Å². The molecule has 1 amide bonds. The van der Waals surface area contributed by atoms with E-state index in [1.807, 2.05) is 12.1 Å². The molecular weight excluding hydrogens is 292 g/mol. The molecule has 0 unspecified atom stereocenters. The molecule has 0 spiro atoms. The fraction of sp³-hybridized carbons (Fsp3) is 0.214. The SMILES string of the molecule is C[C@@H](O)[C@](N)(C(N)=O)S(=O)(=O)c1ccc2ccccc2c1. The summed E-state index contributed by atoms with van der Waals surface area (Å²) in [6.07, 6.45) is -1.65. The van der Waals surface area contributed by atoms with Crippen LogP contribution in [-0.4, -0.2) is 30.4 Å². The lowest BCUT2D eigenvalue weighted by atomic mass is 10.1. The van der Waals surface area contributed by atoms with Crippen molar-refractivity contribution in [2.45, 2.75) is 22.8 Å². The van der Waals surface area contributed by atoms with E-state index < -0.39 is 26.7 Å². The van der Waals surface area contributed by atoms with Crippen LogP contribution in [-0.2, 0) is 14.6 Å². The molecule has 0 aromatic heterocycles. The van der Waals surface area contributed by atoms with Crippen molar-refractivity contribution >= 4 is 26.5 Å². The van der Waals surface area contributed by atoms with Gasteiger partial charge >= 0.3 is 0 Å². The highest BCUT2D eigenvalue weighted by atomic mass is 32.2. The first-order valence-electron chi connectivity index (χ1n) is 6.21. The lowest BCUT2D eigenvalue weighted by Crippen LogP contribution is -2.64. The molecule has 2 atom stereocenters. The molecular formula is C14H16N2O4S. The molecule has 6 nitrogen and oxygen atoms in total. The quantitative estimate of drug-likeness (QED) is 0.741. The third-order valence-electron chi connectivity index (χ3n) is 3.48. The number of hydrogen-bond acceptors (Lipinski definition) is 5. The zero-order valence-corrected chi connectivity index (χ0v) is 12.2. The first-order chi connectivity index (χ1) is 9.71. The van der Waals surface area contributed by atoms with E-state index in [1.54, 1.807) is 18.2 Å². The number of amides is 1. The van der Waals surface area contributed by atoms with E-state index in [9.17, 15) is 18.3 Å². The van der Waals surface area contributed by atoms with Crippen molar-refractivity contribution in [3.8, 4) is 0 Å². The molecule has 7 heteroatoms. The lowest BCUT2D eigenvalue weighted by molar-refractivity contribution is -0.122. The molecule has 0 fully saturated rings. The molecule has 2 aromatic rings. The van der Waals surface area contributed by atoms with Crippen LogP contribution < -0.4 is 11.5 Å². The summed E-state index contributed by atoms with van der Waals surface area (Å²) in [5, 5.41) is 11.2. The van der Waals surface area contributed by atoms with Gasteiger partial charge in [-0.3, -0.25) is 4.79 Å². The molecule has 112 valence electrons. The molecule has 5 N–H and O–H groups in total. The second kappa shape index (κ2) is 5.10. The molecule has 0 saturated heterocycles. The smallest absolute Gasteiger partial charge is 0.256 e. The standard InChI is InChI=1S/C14H16N2O4S/c1-9(17)14(16,13(15)18)21(19,20)12-7-6-10-4-2-3-5-11(10)8-12/h2-9,17H,16H2,1H3,(H2,15,18)/t9-,14-/m1/s1. The van der Waals surface area contributed by atoms with Gasteiger partial charge in [0, 0.05) is 0 Å². The maximum atomic E-state index is 12.6. The Morgan fingerprint density at radius 2 is 1.76 bits per heavy atom. The first-order valence-corrected chi connectivity index (χ1v) is 7.70. The molecule has 21 heavy (non-hydrogen) atoms. The summed E-state index contributed by atoms with van der Waals surface area (Å²) in [5.41, 5.74) is 10.7. The van der Waals surface area contributed by atoms with E-state index in [-0.39, 0.29) is 4.90 Å². The average Bonchev–Trinajstić information content (AvgIpc) is 2.45. The number of aliphatic hydroxyl groups is 1. The third-order valence-corrected chi connectivity index (χ3v) is 5.79. The lowest BCUT2D eigenvalue weighted by Gasteiger charge is -2.28. The van der Waals surface area contributed by atoms with E-state index >= 15 is 0 Å². The Morgan fingerprint density at radius 3 is 2.29 bits per heavy atom. The van der Waals surface area contributed by atoms with Crippen molar-refractivity contribution in [1.82, 2.24) is 0 Å². The van der Waals surface area contributed by atoms with Crippen molar-refractivity contribution in [2.24, 2.45) is 11.5 Å². The van der Waals surface area contributed by atoms with Gasteiger partial charge in [0.25, 0.3) is 5.91 Å². The molecule has 0 aliphatic heterocycles. The third kappa shape index (κ3) is 2.29. The Balaban J connectivity index is 2.68. The van der Waals surface area contributed by atoms with Crippen LogP contribution in [0.2, 0.25) is 0 Å². The molecule has 2 rings (SSSR count). The fourth-order valence-electron chi connectivity index (χ4n) is 2.09. The Labute approximate surface area is 122 Å². The summed E-state index contributed by atoms with van der Waals surface area (Å²) in [6, 6.07) is 11.5. The molecule has 0 saturated carbocycles. The number of carbonyl (C=O) groups excluding carboxylic acids is 1. The summed E-state index contributed by atoms with van der Waals surface area (Å²) in [4.78, 5) is 8.77. The number of nitrogens with two attached hydrogens (primary N) is 2. The Hall–Kier alpha value is -1.96. The highest BCUT2D eigenvalue weighted by molar-refractivity contribution is 7.93. The van der Waals surface area contributed by atoms with Crippen molar-refractivity contribution in [3.05, 3.63) is 42.5 Å². The number of aliphatic hydroxyl groups excluding tert-OH is 1. The van der Waals surface area contributed by atoms with Gasteiger partial charge in [0.15, 0.2) is 0 Å². The Bertz CT molecular complexity index is 801. The minimum absolute atomic E-state index is 0.164. The maximum Gasteiger partial charge on any atom is 0.256 e. The summed E-state index contributed by atoms with van der Waals surface area (Å²) in [6.45, 7) is 1.11. The number of sulfone groups is 1. The number of fused-ring (bicyclic) bond motifs is 1. The Kier molecular flexibility index (Phi) is 3.75. The van der Waals surface area contributed by atoms with E-state index in [2.05, 4.69) is 0 Å². The predicted octanol–water partition coefficient (Wildman–Crippen LogP) is 0.135. The zero-order chi connectivity index (χ0) is 15.8. The van der Waals surface area contributed by atoms with Crippen LogP contribution in [0.3, 0.4) is 0 Å². The van der Waals surface area contributed by atoms with Crippen LogP contribution in [0.1, 0.15) is 6.92 Å². The van der Waals surface area contributed by atoms with Crippen molar-refractivity contribution in [3.63, 3.8) is 0 Å². The number of benzene rings is 2. The van der Waals surface area contributed by atoms with Gasteiger partial charge in [-0.25, -0.2) is 8.42 Å². The van der Waals surface area contributed by atoms with E-state index in [1.165, 1.54) is 12.1 Å². The fourth-order valence-corrected chi connectivity index (χ4v) is 3.73. The zero-order valence-electron chi connectivity index (χ0n) is 11.4. The van der Waals surface area contributed by atoms with Gasteiger partial charge in [0.05, 0.1) is 11.0 Å². The van der Waals surface area contributed by atoms with Crippen LogP contribution in [0.5, 0.6) is 0 Å². The topological polar surface area (TPSA) is 123 Å². The van der Waals surface area contributed by atoms with Crippen LogP contribution in [0, 0.1) is 0 Å². The van der Waals surface area contributed by atoms with Gasteiger partial charge < -0.3 is 16.6 Å². The molecule has 0 bridgehead atoms. The van der Waals surface area contributed by atoms with Gasteiger partial charge in [0.1, 0.15) is 0 Å². The van der Waals surface area contributed by atoms with E-state index in [0.717, 1.165) is 12.3 Å². The minimum Gasteiger partial charge on any atom is -0.390 e. The van der Waals surface area contributed by atoms with Crippen molar-refractivity contribution < 1.29 is 18.3 Å². The van der Waals surface area contributed by atoms with Gasteiger partial charge in [0.2, 0.25) is 14.7 Å². The second-order valence-corrected chi connectivity index (χ2v) is 7.00. The molecule has 0 radical (unpaired) electrons. The largest absolute Gasteiger partial charge is 0.390 e. The highest BCUT2D eigenvalue weighted by Gasteiger charge is 2.51. The highest BCUT2D eigenvalue weighted by Crippen LogP contribution is 2.27. The van der Waals surface area contributed by atoms with Crippen LogP contribution >= 0.6 is 0 Å². The number of carbonyl (C=O) groups is 1. The van der Waals surface area contributed by atoms with E-state index in [0.29, 0.717) is 5.39 Å². The monoisotopic (exact) mass is 308 g/mol. The average molecular weight is 308 g/mol.